The molecule has 2 heterocycles. The summed E-state index contributed by atoms with van der Waals surface area (Å²) in [4.78, 5) is 9.23. The lowest BCUT2D eigenvalue weighted by Gasteiger charge is -2.17. The molecule has 1 aliphatic heterocycles. The van der Waals surface area contributed by atoms with Crippen LogP contribution in [0.5, 0.6) is 0 Å². The van der Waals surface area contributed by atoms with Crippen LogP contribution >= 0.6 is 0 Å². The van der Waals surface area contributed by atoms with Crippen LogP contribution in [0.25, 0.3) is 10.9 Å². The lowest BCUT2D eigenvalue weighted by atomic mass is 10.1. The number of nitrogens with zero attached hydrogens (tertiary/aromatic N) is 1. The molecule has 0 fully saturated rings. The van der Waals surface area contributed by atoms with Crippen molar-refractivity contribution in [1.82, 2.24) is 9.29 Å². The molecule has 0 saturated carbocycles. The summed E-state index contributed by atoms with van der Waals surface area (Å²) < 4.78 is 59.7. The van der Waals surface area contributed by atoms with E-state index in [4.69, 9.17) is 9.90 Å². The minimum atomic E-state index is -5.08. The molecule has 0 spiro atoms. The van der Waals surface area contributed by atoms with Gasteiger partial charge in [0.05, 0.1) is 16.1 Å². The van der Waals surface area contributed by atoms with Crippen molar-refractivity contribution in [2.45, 2.75) is 31.0 Å². The second-order valence-corrected chi connectivity index (χ2v) is 8.54. The van der Waals surface area contributed by atoms with E-state index in [1.54, 1.807) is 12.1 Å². The van der Waals surface area contributed by atoms with Gasteiger partial charge in [0.1, 0.15) is 0 Å². The van der Waals surface area contributed by atoms with Crippen LogP contribution in [0, 0.1) is 6.92 Å². The maximum absolute atomic E-state index is 13.2. The van der Waals surface area contributed by atoms with E-state index in [1.807, 2.05) is 43.3 Å². The summed E-state index contributed by atoms with van der Waals surface area (Å²) in [6.45, 7) is 3.41. The molecular formula is C20H19F3N2O4S. The molecule has 30 heavy (non-hydrogen) atoms. The lowest BCUT2D eigenvalue weighted by Crippen LogP contribution is -2.27. The maximum Gasteiger partial charge on any atom is 0.490 e. The summed E-state index contributed by atoms with van der Waals surface area (Å²) in [6.07, 6.45) is -4.23. The van der Waals surface area contributed by atoms with Crippen LogP contribution in [0.1, 0.15) is 16.8 Å². The number of carboxylic acid groups (broad SMARTS) is 1. The van der Waals surface area contributed by atoms with Crippen LogP contribution in [0.4, 0.5) is 13.2 Å². The summed E-state index contributed by atoms with van der Waals surface area (Å²) in [5, 5.41) is 11.5. The van der Waals surface area contributed by atoms with Crippen molar-refractivity contribution in [2.24, 2.45) is 0 Å². The van der Waals surface area contributed by atoms with E-state index >= 15 is 0 Å². The second kappa shape index (κ2) is 8.11. The number of nitrogens with one attached hydrogen (secondary N) is 1. The van der Waals surface area contributed by atoms with Gasteiger partial charge in [0.15, 0.2) is 0 Å². The first-order valence-electron chi connectivity index (χ1n) is 8.97. The Bertz CT molecular complexity index is 1180. The molecule has 0 unspecified atom stereocenters. The van der Waals surface area contributed by atoms with Gasteiger partial charge in [-0.15, -0.1) is 0 Å². The van der Waals surface area contributed by atoms with Crippen LogP contribution in [-0.4, -0.2) is 36.2 Å². The number of para-hydroxylation sites is 1. The van der Waals surface area contributed by atoms with Crippen molar-refractivity contribution in [3.63, 3.8) is 0 Å². The average molecular weight is 440 g/mol. The Labute approximate surface area is 171 Å². The fourth-order valence-electron chi connectivity index (χ4n) is 3.30. The van der Waals surface area contributed by atoms with Crippen LogP contribution in [0.2, 0.25) is 0 Å². The average Bonchev–Trinajstić information content (AvgIpc) is 3.03. The first-order chi connectivity index (χ1) is 14.0. The van der Waals surface area contributed by atoms with Gasteiger partial charge in [-0.05, 0) is 43.7 Å². The number of hydrogen-bond acceptors (Lipinski definition) is 4. The highest BCUT2D eigenvalue weighted by Gasteiger charge is 2.38. The topological polar surface area (TPSA) is 88.4 Å². The van der Waals surface area contributed by atoms with Crippen LogP contribution < -0.4 is 5.32 Å². The van der Waals surface area contributed by atoms with E-state index in [9.17, 15) is 21.6 Å². The molecule has 0 amide bonds. The minimum Gasteiger partial charge on any atom is -0.475 e. The highest BCUT2D eigenvalue weighted by Crippen LogP contribution is 2.32. The van der Waals surface area contributed by atoms with Gasteiger partial charge in [-0.1, -0.05) is 35.9 Å². The molecule has 3 aromatic rings. The molecule has 0 bridgehead atoms. The monoisotopic (exact) mass is 440 g/mol. The fourth-order valence-corrected chi connectivity index (χ4v) is 4.87. The molecule has 0 aliphatic carbocycles. The number of carboxylic acids is 1. The molecule has 4 rings (SSSR count). The minimum absolute atomic E-state index is 0.331. The Morgan fingerprint density at radius 1 is 1.10 bits per heavy atom. The number of hydrogen-bond donors (Lipinski definition) is 2. The number of halogens is 3. The third-order valence-electron chi connectivity index (χ3n) is 4.69. The van der Waals surface area contributed by atoms with Gasteiger partial charge in [-0.25, -0.2) is 17.2 Å². The first kappa shape index (κ1) is 21.8. The van der Waals surface area contributed by atoms with E-state index in [-0.39, 0.29) is 0 Å². The molecule has 0 saturated heterocycles. The number of aryl methyl sites for hydroxylation is 1. The molecule has 1 aromatic heterocycles. The van der Waals surface area contributed by atoms with Gasteiger partial charge in [-0.3, -0.25) is 0 Å². The van der Waals surface area contributed by atoms with E-state index in [1.165, 1.54) is 3.97 Å². The van der Waals surface area contributed by atoms with Crippen molar-refractivity contribution in [3.8, 4) is 0 Å². The summed E-state index contributed by atoms with van der Waals surface area (Å²) in [6, 6.07) is 14.8. The zero-order chi connectivity index (χ0) is 22.1. The molecule has 160 valence electrons. The Balaban J connectivity index is 0.000000318. The maximum atomic E-state index is 13.2. The van der Waals surface area contributed by atoms with Crippen molar-refractivity contribution >= 4 is 26.9 Å². The molecule has 0 radical (unpaired) electrons. The smallest absolute Gasteiger partial charge is 0.475 e. The fraction of sp³-hybridized carbons (Fsp3) is 0.250. The lowest BCUT2D eigenvalue weighted by molar-refractivity contribution is -0.192. The normalized spacial score (nSPS) is 14.0. The predicted octanol–water partition coefficient (Wildman–Crippen LogP) is 3.47. The van der Waals surface area contributed by atoms with Crippen LogP contribution in [0.3, 0.4) is 0 Å². The summed E-state index contributed by atoms with van der Waals surface area (Å²) in [5.74, 6) is -2.76. The molecule has 0 atom stereocenters. The standard InChI is InChI=1S/C18H18N2O2S.C2HF3O2/c1-13-6-8-14(9-7-13)23(21,22)20-17-5-3-2-4-15(17)16-10-11-19-12-18(16)20;3-2(4,5)1(6)7/h2-9,19H,10-12H2,1H3;(H,6,7). The zero-order valence-electron chi connectivity index (χ0n) is 15.9. The molecule has 1 aliphatic rings. The molecule has 2 N–H and O–H groups in total. The van der Waals surface area contributed by atoms with E-state index in [0.717, 1.165) is 40.7 Å². The van der Waals surface area contributed by atoms with E-state index in [2.05, 4.69) is 5.32 Å². The summed E-state index contributed by atoms with van der Waals surface area (Å²) in [5.41, 5.74) is 3.82. The van der Waals surface area contributed by atoms with Crippen molar-refractivity contribution in [2.75, 3.05) is 6.54 Å². The largest absolute Gasteiger partial charge is 0.490 e. The molecule has 6 nitrogen and oxygen atoms in total. The van der Waals surface area contributed by atoms with E-state index in [0.29, 0.717) is 11.4 Å². The van der Waals surface area contributed by atoms with Crippen LogP contribution in [-0.2, 0) is 27.8 Å². The Morgan fingerprint density at radius 3 is 2.30 bits per heavy atom. The number of aromatic nitrogens is 1. The van der Waals surface area contributed by atoms with Crippen molar-refractivity contribution in [1.29, 1.82) is 0 Å². The van der Waals surface area contributed by atoms with Gasteiger partial charge >= 0.3 is 12.1 Å². The number of aliphatic carboxylic acids is 1. The van der Waals surface area contributed by atoms with Crippen LogP contribution in [0.15, 0.2) is 53.4 Å². The Hall–Kier alpha value is -2.85. The summed E-state index contributed by atoms with van der Waals surface area (Å²) in [7, 11) is -3.60. The molecular weight excluding hydrogens is 421 g/mol. The third kappa shape index (κ3) is 4.19. The third-order valence-corrected chi connectivity index (χ3v) is 6.45. The Morgan fingerprint density at radius 2 is 1.70 bits per heavy atom. The molecule has 2 aromatic carbocycles. The number of rotatable bonds is 2. The van der Waals surface area contributed by atoms with Gasteiger partial charge in [0, 0.05) is 11.9 Å². The second-order valence-electron chi connectivity index (χ2n) is 6.75. The number of fused-ring (bicyclic) bond motifs is 3. The number of benzene rings is 2. The highest BCUT2D eigenvalue weighted by atomic mass is 32.2. The van der Waals surface area contributed by atoms with Crippen molar-refractivity contribution < 1.29 is 31.5 Å². The molecule has 10 heteroatoms. The highest BCUT2D eigenvalue weighted by molar-refractivity contribution is 7.90. The number of alkyl halides is 3. The van der Waals surface area contributed by atoms with Gasteiger partial charge in [0.2, 0.25) is 0 Å². The summed E-state index contributed by atoms with van der Waals surface area (Å²) >= 11 is 0. The quantitative estimate of drug-likeness (QED) is 0.637. The van der Waals surface area contributed by atoms with Gasteiger partial charge < -0.3 is 10.4 Å². The SMILES string of the molecule is Cc1ccc(S(=O)(=O)n2c3c(c4ccccc42)CCNC3)cc1.O=C(O)C(F)(F)F. The first-order valence-corrected chi connectivity index (χ1v) is 10.4. The predicted molar refractivity (Wildman–Crippen MR) is 105 cm³/mol. The van der Waals surface area contributed by atoms with E-state index < -0.39 is 22.2 Å². The zero-order valence-corrected chi connectivity index (χ0v) is 16.7. The van der Waals surface area contributed by atoms with Gasteiger partial charge in [-0.2, -0.15) is 13.2 Å². The van der Waals surface area contributed by atoms with Gasteiger partial charge in [0.25, 0.3) is 10.0 Å². The Kier molecular flexibility index (Phi) is 5.91. The van der Waals surface area contributed by atoms with Crippen molar-refractivity contribution in [3.05, 3.63) is 65.4 Å². The number of carbonyl (C=O) groups is 1.